The van der Waals surface area contributed by atoms with Gasteiger partial charge in [0.25, 0.3) is 0 Å². The predicted molar refractivity (Wildman–Crippen MR) is 78.8 cm³/mol. The van der Waals surface area contributed by atoms with Gasteiger partial charge in [0.2, 0.25) is 0 Å². The van der Waals surface area contributed by atoms with E-state index in [2.05, 4.69) is 4.90 Å². The number of carboxylic acids is 1. The van der Waals surface area contributed by atoms with Crippen LogP contribution in [0.25, 0.3) is 0 Å². The first-order valence-electron chi connectivity index (χ1n) is 6.59. The molecule has 4 nitrogen and oxygen atoms in total. The monoisotopic (exact) mass is 317 g/mol. The maximum Gasteiger partial charge on any atom is 0.307 e. The standard InChI is InChI=1S/C14H17Cl2NO3/c15-11-3-4-12(16)13(8-11)20-7-6-17-5-1-2-10(9-17)14(18)19/h3-4,8,10H,1-2,5-7,9H2,(H,18,19). The van der Waals surface area contributed by atoms with E-state index in [1.165, 1.54) is 0 Å². The Morgan fingerprint density at radius 3 is 3.00 bits per heavy atom. The zero-order valence-electron chi connectivity index (χ0n) is 11.0. The van der Waals surface area contributed by atoms with Crippen LogP contribution in [-0.2, 0) is 4.79 Å². The average molecular weight is 318 g/mol. The number of hydrogen-bond acceptors (Lipinski definition) is 3. The Hall–Kier alpha value is -0.970. The van der Waals surface area contributed by atoms with Crippen molar-refractivity contribution >= 4 is 29.2 Å². The molecule has 1 aliphatic rings. The van der Waals surface area contributed by atoms with Crippen molar-refractivity contribution in [1.82, 2.24) is 4.90 Å². The van der Waals surface area contributed by atoms with E-state index in [0.29, 0.717) is 35.5 Å². The van der Waals surface area contributed by atoms with Crippen LogP contribution in [0.4, 0.5) is 0 Å². The third kappa shape index (κ3) is 4.27. The highest BCUT2D eigenvalue weighted by Gasteiger charge is 2.24. The van der Waals surface area contributed by atoms with Crippen molar-refractivity contribution in [2.75, 3.05) is 26.2 Å². The normalized spacial score (nSPS) is 19.8. The first kappa shape index (κ1) is 15.4. The van der Waals surface area contributed by atoms with Crippen molar-refractivity contribution in [1.29, 1.82) is 0 Å². The van der Waals surface area contributed by atoms with Crippen molar-refractivity contribution < 1.29 is 14.6 Å². The summed E-state index contributed by atoms with van der Waals surface area (Å²) in [4.78, 5) is 13.1. The molecule has 1 aliphatic heterocycles. The highest BCUT2D eigenvalue weighted by molar-refractivity contribution is 6.34. The number of hydrogen-bond donors (Lipinski definition) is 1. The van der Waals surface area contributed by atoms with Gasteiger partial charge in [0.1, 0.15) is 12.4 Å². The molecule has 1 saturated heterocycles. The molecule has 0 saturated carbocycles. The van der Waals surface area contributed by atoms with Gasteiger partial charge in [-0.05, 0) is 31.5 Å². The third-order valence-electron chi connectivity index (χ3n) is 3.41. The number of carbonyl (C=O) groups is 1. The van der Waals surface area contributed by atoms with Gasteiger partial charge < -0.3 is 9.84 Å². The van der Waals surface area contributed by atoms with Gasteiger partial charge >= 0.3 is 5.97 Å². The zero-order valence-corrected chi connectivity index (χ0v) is 12.5. The van der Waals surface area contributed by atoms with Gasteiger partial charge in [0.05, 0.1) is 10.9 Å². The zero-order chi connectivity index (χ0) is 14.5. The number of halogens is 2. The van der Waals surface area contributed by atoms with Crippen LogP contribution in [0.5, 0.6) is 5.75 Å². The van der Waals surface area contributed by atoms with E-state index in [-0.39, 0.29) is 5.92 Å². The lowest BCUT2D eigenvalue weighted by atomic mass is 9.98. The third-order valence-corrected chi connectivity index (χ3v) is 3.96. The van der Waals surface area contributed by atoms with Gasteiger partial charge in [-0.25, -0.2) is 0 Å². The Bertz CT molecular complexity index is 481. The fraction of sp³-hybridized carbons (Fsp3) is 0.500. The first-order valence-corrected chi connectivity index (χ1v) is 7.35. The van der Waals surface area contributed by atoms with Gasteiger partial charge in [-0.1, -0.05) is 23.2 Å². The Morgan fingerprint density at radius 2 is 2.25 bits per heavy atom. The molecule has 0 bridgehead atoms. The van der Waals surface area contributed by atoms with E-state index in [4.69, 9.17) is 33.0 Å². The summed E-state index contributed by atoms with van der Waals surface area (Å²) in [6.07, 6.45) is 1.67. The Morgan fingerprint density at radius 1 is 1.45 bits per heavy atom. The molecule has 110 valence electrons. The van der Waals surface area contributed by atoms with Crippen molar-refractivity contribution in [2.24, 2.45) is 5.92 Å². The summed E-state index contributed by atoms with van der Waals surface area (Å²) in [5, 5.41) is 10.1. The molecule has 1 aromatic rings. The highest BCUT2D eigenvalue weighted by Crippen LogP contribution is 2.27. The van der Waals surface area contributed by atoms with Crippen LogP contribution < -0.4 is 4.74 Å². The van der Waals surface area contributed by atoms with Gasteiger partial charge in [-0.3, -0.25) is 9.69 Å². The molecule has 0 spiro atoms. The average Bonchev–Trinajstić information content (AvgIpc) is 2.43. The number of rotatable bonds is 5. The Kier molecular flexibility index (Phi) is 5.52. The van der Waals surface area contributed by atoms with Crippen molar-refractivity contribution in [2.45, 2.75) is 12.8 Å². The minimum Gasteiger partial charge on any atom is -0.491 e. The molecule has 0 aliphatic carbocycles. The first-order chi connectivity index (χ1) is 9.56. The van der Waals surface area contributed by atoms with E-state index in [0.717, 1.165) is 19.4 Å². The summed E-state index contributed by atoms with van der Waals surface area (Å²) in [5.41, 5.74) is 0. The van der Waals surface area contributed by atoms with Crippen LogP contribution in [-0.4, -0.2) is 42.2 Å². The maximum atomic E-state index is 11.0. The lowest BCUT2D eigenvalue weighted by molar-refractivity contribution is -0.143. The maximum absolute atomic E-state index is 11.0. The summed E-state index contributed by atoms with van der Waals surface area (Å²) >= 11 is 11.9. The smallest absolute Gasteiger partial charge is 0.307 e. The highest BCUT2D eigenvalue weighted by atomic mass is 35.5. The number of carboxylic acid groups (broad SMARTS) is 1. The topological polar surface area (TPSA) is 49.8 Å². The predicted octanol–water partition coefficient (Wildman–Crippen LogP) is 3.17. The van der Waals surface area contributed by atoms with Crippen LogP contribution in [0.1, 0.15) is 12.8 Å². The van der Waals surface area contributed by atoms with Crippen LogP contribution in [0, 0.1) is 5.92 Å². The summed E-state index contributed by atoms with van der Waals surface area (Å²) < 4.78 is 5.61. The molecule has 1 atom stereocenters. The van der Waals surface area contributed by atoms with Gasteiger partial charge in [-0.15, -0.1) is 0 Å². The minimum absolute atomic E-state index is 0.265. The second-order valence-corrected chi connectivity index (χ2v) is 5.74. The molecule has 2 rings (SSSR count). The lowest BCUT2D eigenvalue weighted by Crippen LogP contribution is -2.40. The van der Waals surface area contributed by atoms with E-state index >= 15 is 0 Å². The molecule has 0 radical (unpaired) electrons. The molecule has 1 unspecified atom stereocenters. The van der Waals surface area contributed by atoms with Crippen LogP contribution >= 0.6 is 23.2 Å². The lowest BCUT2D eigenvalue weighted by Gasteiger charge is -2.30. The van der Waals surface area contributed by atoms with E-state index in [1.54, 1.807) is 18.2 Å². The number of benzene rings is 1. The summed E-state index contributed by atoms with van der Waals surface area (Å²) in [7, 11) is 0. The molecular weight excluding hydrogens is 301 g/mol. The molecule has 6 heteroatoms. The van der Waals surface area contributed by atoms with Crippen LogP contribution in [0.3, 0.4) is 0 Å². The Balaban J connectivity index is 1.80. The second kappa shape index (κ2) is 7.16. The Labute approximate surface area is 128 Å². The molecule has 20 heavy (non-hydrogen) atoms. The minimum atomic E-state index is -0.714. The van der Waals surface area contributed by atoms with E-state index < -0.39 is 5.97 Å². The summed E-state index contributed by atoms with van der Waals surface area (Å²) in [6, 6.07) is 5.08. The number of piperidine rings is 1. The van der Waals surface area contributed by atoms with Gasteiger partial charge in [0, 0.05) is 24.2 Å². The fourth-order valence-electron chi connectivity index (χ4n) is 2.33. The molecule has 0 aromatic heterocycles. The van der Waals surface area contributed by atoms with Crippen molar-refractivity contribution in [3.63, 3.8) is 0 Å². The number of nitrogens with zero attached hydrogens (tertiary/aromatic N) is 1. The molecule has 1 heterocycles. The largest absolute Gasteiger partial charge is 0.491 e. The quantitative estimate of drug-likeness (QED) is 0.906. The molecule has 1 N–H and O–H groups in total. The van der Waals surface area contributed by atoms with E-state index in [9.17, 15) is 4.79 Å². The number of likely N-dealkylation sites (tertiary alicyclic amines) is 1. The number of ether oxygens (including phenoxy) is 1. The second-order valence-electron chi connectivity index (χ2n) is 4.90. The van der Waals surface area contributed by atoms with Gasteiger partial charge in [0.15, 0.2) is 0 Å². The molecule has 0 amide bonds. The molecule has 1 aromatic carbocycles. The molecular formula is C14H17Cl2NO3. The van der Waals surface area contributed by atoms with Gasteiger partial charge in [-0.2, -0.15) is 0 Å². The van der Waals surface area contributed by atoms with Crippen molar-refractivity contribution in [3.8, 4) is 5.75 Å². The molecule has 1 fully saturated rings. The van der Waals surface area contributed by atoms with Crippen molar-refractivity contribution in [3.05, 3.63) is 28.2 Å². The fourth-order valence-corrected chi connectivity index (χ4v) is 2.67. The SMILES string of the molecule is O=C(O)C1CCCN(CCOc2cc(Cl)ccc2Cl)C1. The van der Waals surface area contributed by atoms with E-state index in [1.807, 2.05) is 0 Å². The summed E-state index contributed by atoms with van der Waals surface area (Å²) in [5.74, 6) is -0.419. The number of aliphatic carboxylic acids is 1. The van der Waals surface area contributed by atoms with Crippen LogP contribution in [0.2, 0.25) is 10.0 Å². The van der Waals surface area contributed by atoms with Crippen LogP contribution in [0.15, 0.2) is 18.2 Å². The summed E-state index contributed by atoms with van der Waals surface area (Å²) in [6.45, 7) is 2.65.